The minimum absolute atomic E-state index is 0.550. The highest BCUT2D eigenvalue weighted by Crippen LogP contribution is 2.08. The van der Waals surface area contributed by atoms with E-state index in [4.69, 9.17) is 4.42 Å². The van der Waals surface area contributed by atoms with Gasteiger partial charge in [-0.25, -0.2) is 0 Å². The quantitative estimate of drug-likeness (QED) is 0.826. The van der Waals surface area contributed by atoms with Crippen molar-refractivity contribution in [3.05, 3.63) is 65.0 Å². The van der Waals surface area contributed by atoms with Crippen molar-refractivity contribution in [3.63, 3.8) is 0 Å². The van der Waals surface area contributed by atoms with Gasteiger partial charge in [0.2, 0.25) is 0 Å². The monoisotopic (exact) mass is 246 g/mol. The van der Waals surface area contributed by atoms with Crippen LogP contribution in [0.4, 0.5) is 0 Å². The van der Waals surface area contributed by atoms with Crippen molar-refractivity contribution in [2.45, 2.75) is 12.7 Å². The van der Waals surface area contributed by atoms with Crippen LogP contribution in [0.2, 0.25) is 0 Å². The Kier molecular flexibility index (Phi) is 3.94. The van der Waals surface area contributed by atoms with Crippen LogP contribution in [0.25, 0.3) is 6.08 Å². The number of hydrogen-bond acceptors (Lipinski definition) is 2. The lowest BCUT2D eigenvalue weighted by molar-refractivity contribution is 0.567. The maximum absolute atomic E-state index is 11.8. The lowest BCUT2D eigenvalue weighted by Crippen LogP contribution is -1.91. The summed E-state index contributed by atoms with van der Waals surface area (Å²) in [7, 11) is -0.984. The van der Waals surface area contributed by atoms with Crippen LogP contribution in [0.15, 0.2) is 52.7 Å². The molecule has 1 aromatic heterocycles. The van der Waals surface area contributed by atoms with E-state index in [2.05, 4.69) is 0 Å². The molecular formula is C14H14O2S. The van der Waals surface area contributed by atoms with E-state index in [1.807, 2.05) is 43.3 Å². The Hall–Kier alpha value is -1.61. The van der Waals surface area contributed by atoms with Crippen LogP contribution in [0.5, 0.6) is 0 Å². The first kappa shape index (κ1) is 11.9. The van der Waals surface area contributed by atoms with E-state index in [1.54, 1.807) is 17.9 Å². The highest BCUT2D eigenvalue weighted by molar-refractivity contribution is 7.87. The van der Waals surface area contributed by atoms with Crippen molar-refractivity contribution < 1.29 is 8.63 Å². The zero-order valence-corrected chi connectivity index (χ0v) is 10.4. The van der Waals surface area contributed by atoms with Crippen LogP contribution in [0.1, 0.15) is 16.7 Å². The molecule has 2 aromatic rings. The van der Waals surface area contributed by atoms with Gasteiger partial charge in [-0.1, -0.05) is 29.8 Å². The van der Waals surface area contributed by atoms with Gasteiger partial charge >= 0.3 is 0 Å². The molecule has 0 aliphatic carbocycles. The third-order valence-corrected chi connectivity index (χ3v) is 3.44. The van der Waals surface area contributed by atoms with E-state index in [9.17, 15) is 4.21 Å². The molecule has 0 N–H and O–H groups in total. The van der Waals surface area contributed by atoms with E-state index >= 15 is 0 Å². The molecule has 0 amide bonds. The summed E-state index contributed by atoms with van der Waals surface area (Å²) >= 11 is 0. The van der Waals surface area contributed by atoms with Gasteiger partial charge in [0.25, 0.3) is 0 Å². The van der Waals surface area contributed by atoms with E-state index < -0.39 is 10.8 Å². The molecule has 88 valence electrons. The second-order valence-electron chi connectivity index (χ2n) is 3.87. The SMILES string of the molecule is Cc1ccc(CS(=O)/C=C/c2ccoc2)cc1. The second kappa shape index (κ2) is 5.64. The maximum Gasteiger partial charge on any atom is 0.0975 e. The van der Waals surface area contributed by atoms with Gasteiger partial charge < -0.3 is 4.42 Å². The molecule has 0 spiro atoms. The topological polar surface area (TPSA) is 30.2 Å². The molecule has 1 unspecified atom stereocenters. The fourth-order valence-electron chi connectivity index (χ4n) is 1.42. The van der Waals surface area contributed by atoms with Gasteiger partial charge in [-0.05, 0) is 24.6 Å². The number of furan rings is 1. The van der Waals surface area contributed by atoms with Gasteiger partial charge in [-0.3, -0.25) is 4.21 Å². The summed E-state index contributed by atoms with van der Waals surface area (Å²) in [6.45, 7) is 2.04. The first-order chi connectivity index (χ1) is 8.24. The number of hydrogen-bond donors (Lipinski definition) is 0. The van der Waals surface area contributed by atoms with Crippen molar-refractivity contribution in [1.82, 2.24) is 0 Å². The van der Waals surface area contributed by atoms with Gasteiger partial charge in [0, 0.05) is 11.0 Å². The average Bonchev–Trinajstić information content (AvgIpc) is 2.83. The van der Waals surface area contributed by atoms with E-state index in [0.717, 1.165) is 11.1 Å². The second-order valence-corrected chi connectivity index (χ2v) is 5.19. The molecule has 2 rings (SSSR count). The van der Waals surface area contributed by atoms with Gasteiger partial charge in [-0.2, -0.15) is 0 Å². The predicted molar refractivity (Wildman–Crippen MR) is 70.8 cm³/mol. The fourth-order valence-corrected chi connectivity index (χ4v) is 2.35. The Bertz CT molecular complexity index is 510. The van der Waals surface area contributed by atoms with Crippen LogP contribution in [0.3, 0.4) is 0 Å². The maximum atomic E-state index is 11.8. The molecule has 0 aliphatic rings. The summed E-state index contributed by atoms with van der Waals surface area (Å²) in [5.74, 6) is 0.550. The zero-order valence-electron chi connectivity index (χ0n) is 9.63. The molecule has 1 aromatic carbocycles. The van der Waals surface area contributed by atoms with Crippen molar-refractivity contribution in [2.24, 2.45) is 0 Å². The van der Waals surface area contributed by atoms with Crippen molar-refractivity contribution in [1.29, 1.82) is 0 Å². The lowest BCUT2D eigenvalue weighted by Gasteiger charge is -1.98. The highest BCUT2D eigenvalue weighted by Gasteiger charge is 1.98. The molecule has 1 atom stereocenters. The summed E-state index contributed by atoms with van der Waals surface area (Å²) in [6, 6.07) is 9.93. The van der Waals surface area contributed by atoms with Crippen molar-refractivity contribution in [3.8, 4) is 0 Å². The predicted octanol–water partition coefficient (Wildman–Crippen LogP) is 3.51. The molecule has 0 bridgehead atoms. The molecule has 0 saturated carbocycles. The molecule has 17 heavy (non-hydrogen) atoms. The molecule has 0 fully saturated rings. The molecule has 0 aliphatic heterocycles. The number of aryl methyl sites for hydroxylation is 1. The Morgan fingerprint density at radius 1 is 1.24 bits per heavy atom. The summed E-state index contributed by atoms with van der Waals surface area (Å²) in [5, 5.41) is 1.70. The Labute approximate surface area is 103 Å². The van der Waals surface area contributed by atoms with E-state index in [0.29, 0.717) is 5.75 Å². The lowest BCUT2D eigenvalue weighted by atomic mass is 10.2. The first-order valence-corrected chi connectivity index (χ1v) is 6.75. The largest absolute Gasteiger partial charge is 0.472 e. The average molecular weight is 246 g/mol. The number of rotatable bonds is 4. The summed E-state index contributed by atoms with van der Waals surface area (Å²) in [6.07, 6.45) is 5.04. The van der Waals surface area contributed by atoms with Crippen LogP contribution < -0.4 is 0 Å². The van der Waals surface area contributed by atoms with Crippen molar-refractivity contribution >= 4 is 16.9 Å². The fraction of sp³-hybridized carbons (Fsp3) is 0.143. The van der Waals surface area contributed by atoms with Crippen LogP contribution in [0, 0.1) is 6.92 Å². The highest BCUT2D eigenvalue weighted by atomic mass is 32.2. The van der Waals surface area contributed by atoms with E-state index in [1.165, 1.54) is 5.56 Å². The molecule has 0 radical (unpaired) electrons. The molecule has 1 heterocycles. The van der Waals surface area contributed by atoms with Gasteiger partial charge in [0.1, 0.15) is 0 Å². The Balaban J connectivity index is 1.95. The summed E-state index contributed by atoms with van der Waals surface area (Å²) in [4.78, 5) is 0. The van der Waals surface area contributed by atoms with Crippen LogP contribution >= 0.6 is 0 Å². The molecule has 0 saturated heterocycles. The Morgan fingerprint density at radius 3 is 2.65 bits per heavy atom. The molecule has 3 heteroatoms. The van der Waals surface area contributed by atoms with Gasteiger partial charge in [0.15, 0.2) is 0 Å². The van der Waals surface area contributed by atoms with E-state index in [-0.39, 0.29) is 0 Å². The molecular weight excluding hydrogens is 232 g/mol. The first-order valence-electron chi connectivity index (χ1n) is 5.37. The van der Waals surface area contributed by atoms with Crippen LogP contribution in [-0.2, 0) is 16.6 Å². The smallest absolute Gasteiger partial charge is 0.0975 e. The summed E-state index contributed by atoms with van der Waals surface area (Å²) in [5.41, 5.74) is 3.24. The third-order valence-electron chi connectivity index (χ3n) is 2.38. The third kappa shape index (κ3) is 3.71. The minimum Gasteiger partial charge on any atom is -0.472 e. The molecule has 2 nitrogen and oxygen atoms in total. The Morgan fingerprint density at radius 2 is 2.00 bits per heavy atom. The summed E-state index contributed by atoms with van der Waals surface area (Å²) < 4.78 is 16.7. The van der Waals surface area contributed by atoms with Gasteiger partial charge in [0.05, 0.1) is 29.1 Å². The minimum atomic E-state index is -0.984. The van der Waals surface area contributed by atoms with Crippen molar-refractivity contribution in [2.75, 3.05) is 0 Å². The standard InChI is InChI=1S/C14H14O2S/c1-12-2-4-14(5-3-12)11-17(15)9-7-13-6-8-16-10-13/h2-10H,11H2,1H3/b9-7+. The van der Waals surface area contributed by atoms with Gasteiger partial charge in [-0.15, -0.1) is 0 Å². The zero-order chi connectivity index (χ0) is 12.1. The normalized spacial score (nSPS) is 13.0. The number of benzene rings is 1. The van der Waals surface area contributed by atoms with Crippen LogP contribution in [-0.4, -0.2) is 4.21 Å².